The van der Waals surface area contributed by atoms with Gasteiger partial charge >= 0.3 is 6.36 Å². The number of carbonyl (C=O) groups excluding carboxylic acids is 1. The number of benzene rings is 3. The number of nitrogens with two attached hydrogens (primary N) is 1. The number of alkyl halides is 3. The molecule has 1 aliphatic heterocycles. The van der Waals surface area contributed by atoms with Gasteiger partial charge in [0.2, 0.25) is 5.91 Å². The van der Waals surface area contributed by atoms with E-state index in [1.807, 2.05) is 19.1 Å². The van der Waals surface area contributed by atoms with E-state index in [4.69, 9.17) is 17.3 Å². The van der Waals surface area contributed by atoms with Crippen molar-refractivity contribution in [3.63, 3.8) is 0 Å². The van der Waals surface area contributed by atoms with Crippen LogP contribution in [0.1, 0.15) is 23.1 Å². The smallest absolute Gasteiger partial charge is 0.406 e. The summed E-state index contributed by atoms with van der Waals surface area (Å²) in [6, 6.07) is 17.5. The van der Waals surface area contributed by atoms with Crippen molar-refractivity contribution in [2.24, 2.45) is 25.9 Å². The Morgan fingerprint density at radius 2 is 1.82 bits per heavy atom. The average molecular weight is 587 g/mol. The van der Waals surface area contributed by atoms with Gasteiger partial charge in [-0.15, -0.1) is 18.3 Å². The number of aryl methyl sites for hydroxylation is 1. The highest BCUT2D eigenvalue weighted by Crippen LogP contribution is 2.34. The van der Waals surface area contributed by atoms with Crippen molar-refractivity contribution in [3.05, 3.63) is 88.4 Å². The molecule has 13 heteroatoms. The molecule has 1 amide bonds. The van der Waals surface area contributed by atoms with Crippen LogP contribution >= 0.6 is 23.4 Å². The van der Waals surface area contributed by atoms with Gasteiger partial charge in [-0.1, -0.05) is 59.8 Å². The Morgan fingerprint density at radius 3 is 2.50 bits per heavy atom. The number of hydrogen-bond acceptors (Lipinski definition) is 6. The number of aliphatic imine (C=N–C) groups is 2. The zero-order valence-electron chi connectivity index (χ0n) is 21.0. The Morgan fingerprint density at radius 1 is 1.10 bits per heavy atom. The summed E-state index contributed by atoms with van der Waals surface area (Å²) in [5.41, 5.74) is 9.21. The molecule has 3 aromatic carbocycles. The lowest BCUT2D eigenvalue weighted by molar-refractivity contribution is -0.274. The molecule has 0 unspecified atom stereocenters. The van der Waals surface area contributed by atoms with Crippen LogP contribution in [-0.4, -0.2) is 41.6 Å². The normalized spacial score (nSPS) is 15.9. The van der Waals surface area contributed by atoms with Gasteiger partial charge in [-0.2, -0.15) is 5.10 Å². The summed E-state index contributed by atoms with van der Waals surface area (Å²) in [6.45, 7) is 1.88. The van der Waals surface area contributed by atoms with E-state index in [2.05, 4.69) is 24.9 Å². The molecule has 1 heterocycles. The van der Waals surface area contributed by atoms with E-state index < -0.39 is 6.36 Å². The third-order valence-corrected chi connectivity index (χ3v) is 6.67. The van der Waals surface area contributed by atoms with Crippen molar-refractivity contribution in [1.82, 2.24) is 0 Å². The minimum atomic E-state index is -4.76. The molecule has 3 aromatic rings. The molecule has 206 valence electrons. The second-order valence-electron chi connectivity index (χ2n) is 8.28. The van der Waals surface area contributed by atoms with Gasteiger partial charge in [-0.05, 0) is 48.4 Å². The summed E-state index contributed by atoms with van der Waals surface area (Å²) in [7, 11) is 0. The van der Waals surface area contributed by atoms with Gasteiger partial charge in [-0.3, -0.25) is 9.69 Å². The molecule has 0 bridgehead atoms. The van der Waals surface area contributed by atoms with E-state index in [1.54, 1.807) is 36.5 Å². The maximum Gasteiger partial charge on any atom is 0.573 e. The van der Waals surface area contributed by atoms with Crippen LogP contribution in [0.25, 0.3) is 0 Å². The first kappa shape index (κ1) is 28.8. The fraction of sp³-hybridized carbons (Fsp3) is 0.148. The SMILES string of the molecule is Cc1cccc(Cl)c1N1C(=O)CCS/C1=N/N=C\c1ccc(C(N)=NC=Nc2ccc(OC(F)(F)F)cc2)cc1. The van der Waals surface area contributed by atoms with Crippen molar-refractivity contribution < 1.29 is 22.7 Å². The van der Waals surface area contributed by atoms with Gasteiger partial charge in [0.25, 0.3) is 0 Å². The van der Waals surface area contributed by atoms with Crippen molar-refractivity contribution in [2.75, 3.05) is 10.7 Å². The molecule has 0 aliphatic carbocycles. The lowest BCUT2D eigenvalue weighted by Gasteiger charge is -2.28. The Kier molecular flexibility index (Phi) is 9.22. The number of para-hydroxylation sites is 1. The van der Waals surface area contributed by atoms with Crippen LogP contribution in [0.5, 0.6) is 5.75 Å². The predicted molar refractivity (Wildman–Crippen MR) is 154 cm³/mol. The van der Waals surface area contributed by atoms with Gasteiger partial charge in [0.05, 0.1) is 22.6 Å². The molecule has 1 aliphatic rings. The number of amidine groups is 2. The zero-order chi connectivity index (χ0) is 28.7. The summed E-state index contributed by atoms with van der Waals surface area (Å²) in [5, 5.41) is 9.36. The second kappa shape index (κ2) is 12.8. The van der Waals surface area contributed by atoms with Crippen LogP contribution in [-0.2, 0) is 4.79 Å². The standard InChI is InChI=1S/C27H22ClF3N6O2S/c1-17-3-2-4-22(28)24(17)37-23(38)13-14-40-26(37)36-35-15-18-5-7-19(8-6-18)25(32)34-16-33-20-9-11-21(12-10-20)39-27(29,30)31/h2-12,15-16H,13-14H2,1H3,(H2,32,33,34)/b35-15-,36-26+. The Balaban J connectivity index is 1.41. The molecule has 0 saturated carbocycles. The van der Waals surface area contributed by atoms with Crippen molar-refractivity contribution in [2.45, 2.75) is 19.7 Å². The highest BCUT2D eigenvalue weighted by Gasteiger charge is 2.31. The number of carbonyl (C=O) groups is 1. The number of anilines is 1. The summed E-state index contributed by atoms with van der Waals surface area (Å²) in [5.74, 6) is 0.344. The fourth-order valence-electron chi connectivity index (χ4n) is 3.56. The highest BCUT2D eigenvalue weighted by molar-refractivity contribution is 8.14. The monoisotopic (exact) mass is 586 g/mol. The fourth-order valence-corrected chi connectivity index (χ4v) is 4.76. The van der Waals surface area contributed by atoms with Gasteiger partial charge in [0.1, 0.15) is 17.9 Å². The zero-order valence-corrected chi connectivity index (χ0v) is 22.5. The van der Waals surface area contributed by atoms with Crippen molar-refractivity contribution in [1.29, 1.82) is 0 Å². The predicted octanol–water partition coefficient (Wildman–Crippen LogP) is 6.47. The molecule has 0 radical (unpaired) electrons. The molecule has 1 fully saturated rings. The van der Waals surface area contributed by atoms with E-state index in [9.17, 15) is 18.0 Å². The van der Waals surface area contributed by atoms with Crippen LogP contribution < -0.4 is 15.4 Å². The van der Waals surface area contributed by atoms with Crippen LogP contribution in [0, 0.1) is 6.92 Å². The van der Waals surface area contributed by atoms with Crippen LogP contribution in [0.2, 0.25) is 5.02 Å². The Bertz CT molecular complexity index is 1470. The number of hydrogen-bond donors (Lipinski definition) is 1. The number of ether oxygens (including phenoxy) is 1. The molecular formula is C27H22ClF3N6O2S. The van der Waals surface area contributed by atoms with E-state index >= 15 is 0 Å². The maximum absolute atomic E-state index is 12.7. The Labute approximate surface area is 237 Å². The van der Waals surface area contributed by atoms with E-state index in [0.717, 1.165) is 23.3 Å². The van der Waals surface area contributed by atoms with Crippen LogP contribution in [0.3, 0.4) is 0 Å². The Hall–Kier alpha value is -4.16. The van der Waals surface area contributed by atoms with Gasteiger partial charge in [0, 0.05) is 17.7 Å². The van der Waals surface area contributed by atoms with Gasteiger partial charge in [0.15, 0.2) is 5.17 Å². The summed E-state index contributed by atoms with van der Waals surface area (Å²) in [6.07, 6.45) is -1.63. The average Bonchev–Trinajstić information content (AvgIpc) is 2.90. The highest BCUT2D eigenvalue weighted by atomic mass is 35.5. The second-order valence-corrected chi connectivity index (χ2v) is 9.75. The summed E-state index contributed by atoms with van der Waals surface area (Å²) < 4.78 is 40.6. The molecule has 1 saturated heterocycles. The van der Waals surface area contributed by atoms with Crippen molar-refractivity contribution in [3.8, 4) is 5.75 Å². The number of amides is 1. The van der Waals surface area contributed by atoms with E-state index in [-0.39, 0.29) is 17.5 Å². The quantitative estimate of drug-likeness (QED) is 0.194. The molecule has 0 aromatic heterocycles. The molecule has 0 atom stereocenters. The third-order valence-electron chi connectivity index (χ3n) is 5.43. The minimum absolute atomic E-state index is 0.0981. The first-order chi connectivity index (χ1) is 19.1. The molecule has 40 heavy (non-hydrogen) atoms. The van der Waals surface area contributed by atoms with Crippen molar-refractivity contribution >= 4 is 64.2 Å². The van der Waals surface area contributed by atoms with E-state index in [0.29, 0.717) is 39.3 Å². The summed E-state index contributed by atoms with van der Waals surface area (Å²) >= 11 is 7.81. The molecule has 4 rings (SSSR count). The maximum atomic E-state index is 12.7. The minimum Gasteiger partial charge on any atom is -0.406 e. The van der Waals surface area contributed by atoms with Gasteiger partial charge < -0.3 is 10.5 Å². The first-order valence-corrected chi connectivity index (χ1v) is 13.1. The van der Waals surface area contributed by atoms with E-state index in [1.165, 1.54) is 35.1 Å². The topological polar surface area (TPSA) is 105 Å². The number of halogens is 4. The first-order valence-electron chi connectivity index (χ1n) is 11.7. The number of thioether (sulfide) groups is 1. The molecule has 8 nitrogen and oxygen atoms in total. The van der Waals surface area contributed by atoms with Crippen LogP contribution in [0.4, 0.5) is 24.5 Å². The largest absolute Gasteiger partial charge is 0.573 e. The third kappa shape index (κ3) is 7.70. The molecule has 0 spiro atoms. The molecular weight excluding hydrogens is 565 g/mol. The lowest BCUT2D eigenvalue weighted by atomic mass is 10.1. The number of rotatable bonds is 7. The van der Waals surface area contributed by atoms with Gasteiger partial charge in [-0.25, -0.2) is 9.98 Å². The number of nitrogens with zero attached hydrogens (tertiary/aromatic N) is 5. The lowest BCUT2D eigenvalue weighted by Crippen LogP contribution is -2.39. The molecule has 2 N–H and O–H groups in total. The summed E-state index contributed by atoms with van der Waals surface area (Å²) in [4.78, 5) is 22.3. The van der Waals surface area contributed by atoms with Crippen LogP contribution in [0.15, 0.2) is 86.9 Å².